The van der Waals surface area contributed by atoms with E-state index in [-0.39, 0.29) is 17.4 Å². The molecular weight excluding hydrogens is 390 g/mol. The van der Waals surface area contributed by atoms with Crippen molar-refractivity contribution in [1.29, 1.82) is 0 Å². The van der Waals surface area contributed by atoms with Gasteiger partial charge in [0.1, 0.15) is 11.5 Å². The molecular formula is C25H23N3O3. The molecule has 0 unspecified atom stereocenters. The molecule has 3 aromatic rings. The predicted molar refractivity (Wildman–Crippen MR) is 121 cm³/mol. The minimum Gasteiger partial charge on any atom is -0.508 e. The van der Waals surface area contributed by atoms with Crippen LogP contribution in [-0.2, 0) is 11.2 Å². The molecule has 0 bridgehead atoms. The number of aryl methyl sites for hydroxylation is 1. The molecule has 0 aromatic heterocycles. The standard InChI is InChI=1S/C25H23N3O3/c29-20-11-12-21(24(30)16-20)23(13-6-17-4-2-1-3-5-17)26-19-9-7-18(8-10-19)22-14-15-25(31)28-27-22/h1-5,7-12,16,29-30H,6,13-15H2,(H,28,31). The highest BCUT2D eigenvalue weighted by molar-refractivity contribution is 6.05. The fraction of sp³-hybridized carbons (Fsp3) is 0.160. The highest BCUT2D eigenvalue weighted by Crippen LogP contribution is 2.27. The second kappa shape index (κ2) is 9.26. The number of nitrogens with one attached hydrogen (secondary N) is 1. The first-order valence-corrected chi connectivity index (χ1v) is 10.2. The number of carbonyl (C=O) groups is 1. The quantitative estimate of drug-likeness (QED) is 0.521. The first-order valence-electron chi connectivity index (χ1n) is 10.2. The Morgan fingerprint density at radius 3 is 2.42 bits per heavy atom. The largest absolute Gasteiger partial charge is 0.508 e. The van der Waals surface area contributed by atoms with Crippen LogP contribution in [0.4, 0.5) is 5.69 Å². The van der Waals surface area contributed by atoms with E-state index in [4.69, 9.17) is 4.99 Å². The van der Waals surface area contributed by atoms with Gasteiger partial charge in [0.2, 0.25) is 5.91 Å². The van der Waals surface area contributed by atoms with Gasteiger partial charge >= 0.3 is 0 Å². The molecule has 3 N–H and O–H groups in total. The van der Waals surface area contributed by atoms with Crippen molar-refractivity contribution < 1.29 is 15.0 Å². The Bertz CT molecular complexity index is 1140. The number of phenolic OH excluding ortho intramolecular Hbond substituents is 2. The molecule has 0 radical (unpaired) electrons. The van der Waals surface area contributed by atoms with Gasteiger partial charge in [-0.05, 0) is 48.2 Å². The van der Waals surface area contributed by atoms with E-state index in [2.05, 4.69) is 22.7 Å². The van der Waals surface area contributed by atoms with Gasteiger partial charge in [-0.2, -0.15) is 5.10 Å². The number of hydrazone groups is 1. The molecule has 31 heavy (non-hydrogen) atoms. The number of benzene rings is 3. The molecule has 4 rings (SSSR count). The number of aromatic hydroxyl groups is 2. The number of rotatable bonds is 6. The van der Waals surface area contributed by atoms with Crippen LogP contribution in [0.25, 0.3) is 0 Å². The second-order valence-corrected chi connectivity index (χ2v) is 7.39. The van der Waals surface area contributed by atoms with Crippen molar-refractivity contribution in [3.05, 3.63) is 89.5 Å². The lowest BCUT2D eigenvalue weighted by Gasteiger charge is -2.13. The van der Waals surface area contributed by atoms with Crippen LogP contribution in [0.5, 0.6) is 11.5 Å². The van der Waals surface area contributed by atoms with Crippen molar-refractivity contribution >= 4 is 23.0 Å². The number of nitrogens with zero attached hydrogens (tertiary/aromatic N) is 2. The van der Waals surface area contributed by atoms with Crippen LogP contribution in [0.15, 0.2) is 82.9 Å². The molecule has 0 saturated carbocycles. The summed E-state index contributed by atoms with van der Waals surface area (Å²) in [6, 6.07) is 22.3. The number of hydrogen-bond acceptors (Lipinski definition) is 5. The second-order valence-electron chi connectivity index (χ2n) is 7.39. The van der Waals surface area contributed by atoms with Crippen LogP contribution >= 0.6 is 0 Å². The maximum absolute atomic E-state index is 11.3. The van der Waals surface area contributed by atoms with Crippen LogP contribution in [-0.4, -0.2) is 27.5 Å². The lowest BCUT2D eigenvalue weighted by Crippen LogP contribution is -2.25. The van der Waals surface area contributed by atoms with Gasteiger partial charge in [-0.3, -0.25) is 9.79 Å². The van der Waals surface area contributed by atoms with Gasteiger partial charge in [-0.15, -0.1) is 0 Å². The summed E-state index contributed by atoms with van der Waals surface area (Å²) < 4.78 is 0. The Hall–Kier alpha value is -3.93. The average molecular weight is 413 g/mol. The van der Waals surface area contributed by atoms with Crippen molar-refractivity contribution in [2.45, 2.75) is 25.7 Å². The van der Waals surface area contributed by atoms with Gasteiger partial charge in [0, 0.05) is 24.5 Å². The molecule has 6 nitrogen and oxygen atoms in total. The van der Waals surface area contributed by atoms with Crippen molar-refractivity contribution in [3.63, 3.8) is 0 Å². The van der Waals surface area contributed by atoms with Crippen LogP contribution in [0.3, 0.4) is 0 Å². The van der Waals surface area contributed by atoms with Crippen LogP contribution in [0.1, 0.15) is 36.0 Å². The smallest absolute Gasteiger partial charge is 0.240 e. The highest BCUT2D eigenvalue weighted by atomic mass is 16.3. The SMILES string of the molecule is O=C1CCC(c2ccc(N=C(CCc3ccccc3)c3ccc(O)cc3O)cc2)=NN1. The minimum atomic E-state index is -0.0678. The van der Waals surface area contributed by atoms with Crippen molar-refractivity contribution in [1.82, 2.24) is 5.43 Å². The summed E-state index contributed by atoms with van der Waals surface area (Å²) in [4.78, 5) is 16.1. The molecule has 1 heterocycles. The Morgan fingerprint density at radius 1 is 0.968 bits per heavy atom. The van der Waals surface area contributed by atoms with E-state index in [0.29, 0.717) is 24.8 Å². The molecule has 0 fully saturated rings. The third-order valence-electron chi connectivity index (χ3n) is 5.15. The van der Waals surface area contributed by atoms with E-state index in [1.165, 1.54) is 11.6 Å². The number of aliphatic imine (C=N–C) groups is 1. The zero-order chi connectivity index (χ0) is 21.6. The van der Waals surface area contributed by atoms with E-state index < -0.39 is 0 Å². The van der Waals surface area contributed by atoms with Gasteiger partial charge in [0.05, 0.1) is 17.1 Å². The summed E-state index contributed by atoms with van der Waals surface area (Å²) >= 11 is 0. The minimum absolute atomic E-state index is 0.00395. The highest BCUT2D eigenvalue weighted by Gasteiger charge is 2.14. The summed E-state index contributed by atoms with van der Waals surface area (Å²) in [7, 11) is 0. The summed E-state index contributed by atoms with van der Waals surface area (Å²) in [6.07, 6.45) is 2.44. The molecule has 0 atom stereocenters. The number of amides is 1. The molecule has 0 spiro atoms. The van der Waals surface area contributed by atoms with E-state index >= 15 is 0 Å². The molecule has 0 saturated heterocycles. The van der Waals surface area contributed by atoms with Crippen LogP contribution in [0.2, 0.25) is 0 Å². The fourth-order valence-electron chi connectivity index (χ4n) is 3.49. The normalized spacial score (nSPS) is 14.1. The summed E-state index contributed by atoms with van der Waals surface area (Å²) in [5.41, 5.74) is 7.56. The van der Waals surface area contributed by atoms with Crippen molar-refractivity contribution in [2.24, 2.45) is 10.1 Å². The summed E-state index contributed by atoms with van der Waals surface area (Å²) in [5, 5.41) is 24.2. The molecule has 6 heteroatoms. The van der Waals surface area contributed by atoms with E-state index in [1.54, 1.807) is 12.1 Å². The molecule has 0 aliphatic carbocycles. The Morgan fingerprint density at radius 2 is 1.74 bits per heavy atom. The van der Waals surface area contributed by atoms with Gasteiger partial charge in [-0.1, -0.05) is 42.5 Å². The summed E-state index contributed by atoms with van der Waals surface area (Å²) in [5.74, 6) is -0.0640. The molecule has 1 aliphatic heterocycles. The average Bonchev–Trinajstić information content (AvgIpc) is 2.79. The number of carbonyl (C=O) groups excluding carboxylic acids is 1. The van der Waals surface area contributed by atoms with Crippen molar-refractivity contribution in [3.8, 4) is 11.5 Å². The van der Waals surface area contributed by atoms with Gasteiger partial charge in [-0.25, -0.2) is 5.43 Å². The number of phenols is 2. The van der Waals surface area contributed by atoms with Gasteiger partial charge in [0.25, 0.3) is 0 Å². The Balaban J connectivity index is 1.61. The third kappa shape index (κ3) is 5.17. The fourth-order valence-corrected chi connectivity index (χ4v) is 3.49. The number of hydrogen-bond donors (Lipinski definition) is 3. The predicted octanol–water partition coefficient (Wildman–Crippen LogP) is 4.47. The van der Waals surface area contributed by atoms with Crippen LogP contribution in [0, 0.1) is 0 Å². The first kappa shape index (κ1) is 20.3. The lowest BCUT2D eigenvalue weighted by atomic mass is 10.0. The first-order chi connectivity index (χ1) is 15.1. The zero-order valence-corrected chi connectivity index (χ0v) is 17.0. The topological polar surface area (TPSA) is 94.3 Å². The van der Waals surface area contributed by atoms with E-state index in [9.17, 15) is 15.0 Å². The maximum Gasteiger partial charge on any atom is 0.240 e. The lowest BCUT2D eigenvalue weighted by molar-refractivity contribution is -0.121. The zero-order valence-electron chi connectivity index (χ0n) is 17.0. The third-order valence-corrected chi connectivity index (χ3v) is 5.15. The Labute approximate surface area is 180 Å². The molecule has 3 aromatic carbocycles. The summed E-state index contributed by atoms with van der Waals surface area (Å²) in [6.45, 7) is 0. The van der Waals surface area contributed by atoms with Crippen molar-refractivity contribution in [2.75, 3.05) is 0 Å². The molecule has 1 amide bonds. The Kier molecular flexibility index (Phi) is 6.08. The molecule has 1 aliphatic rings. The van der Waals surface area contributed by atoms with Gasteiger partial charge in [0.15, 0.2) is 0 Å². The monoisotopic (exact) mass is 413 g/mol. The van der Waals surface area contributed by atoms with Gasteiger partial charge < -0.3 is 10.2 Å². The van der Waals surface area contributed by atoms with E-state index in [1.807, 2.05) is 42.5 Å². The maximum atomic E-state index is 11.3. The van der Waals surface area contributed by atoms with Crippen LogP contribution < -0.4 is 5.43 Å². The van der Waals surface area contributed by atoms with E-state index in [0.717, 1.165) is 29.1 Å². The molecule has 156 valence electrons.